The van der Waals surface area contributed by atoms with Crippen LogP contribution in [0, 0.1) is 0 Å². The summed E-state index contributed by atoms with van der Waals surface area (Å²) >= 11 is 1.80. The predicted molar refractivity (Wildman–Crippen MR) is 226 cm³/mol. The minimum Gasteiger partial charge on any atom is -0.278 e. The molecule has 0 aliphatic carbocycles. The summed E-state index contributed by atoms with van der Waals surface area (Å²) < 4.78 is 4.66. The van der Waals surface area contributed by atoms with Crippen molar-refractivity contribution in [2.75, 3.05) is 0 Å². The molecule has 3 heterocycles. The van der Waals surface area contributed by atoms with Gasteiger partial charge >= 0.3 is 0 Å². The van der Waals surface area contributed by atoms with Crippen LogP contribution >= 0.6 is 11.3 Å². The van der Waals surface area contributed by atoms with E-state index < -0.39 is 0 Å². The van der Waals surface area contributed by atoms with E-state index in [2.05, 4.69) is 187 Å². The highest BCUT2D eigenvalue weighted by Gasteiger charge is 2.21. The number of nitrogens with zero attached hydrogens (tertiary/aromatic N) is 4. The van der Waals surface area contributed by atoms with Gasteiger partial charge in [-0.15, -0.1) is 11.3 Å². The van der Waals surface area contributed by atoms with Crippen LogP contribution in [0.1, 0.15) is 0 Å². The van der Waals surface area contributed by atoms with Gasteiger partial charge in [0.25, 0.3) is 0 Å². The lowest BCUT2D eigenvalue weighted by Crippen LogP contribution is -2.06. The molecular weight excluding hydrogens is 677 g/mol. The molecule has 8 aromatic carbocycles. The summed E-state index contributed by atoms with van der Waals surface area (Å²) in [5.74, 6) is 1.84. The quantitative estimate of drug-likeness (QED) is 0.179. The van der Waals surface area contributed by atoms with Gasteiger partial charge in [-0.3, -0.25) is 4.57 Å². The maximum absolute atomic E-state index is 5.36. The van der Waals surface area contributed by atoms with Crippen LogP contribution in [0.15, 0.2) is 182 Å². The molecule has 54 heavy (non-hydrogen) atoms. The Morgan fingerprint density at radius 3 is 1.74 bits per heavy atom. The van der Waals surface area contributed by atoms with E-state index in [1.807, 2.05) is 0 Å². The first kappa shape index (κ1) is 30.7. The number of para-hydroxylation sites is 2. The van der Waals surface area contributed by atoms with Crippen LogP contribution in [0.25, 0.3) is 104 Å². The molecule has 4 nitrogen and oxygen atoms in total. The van der Waals surface area contributed by atoms with Crippen molar-refractivity contribution in [3.05, 3.63) is 182 Å². The van der Waals surface area contributed by atoms with Gasteiger partial charge in [0.05, 0.1) is 11.0 Å². The fourth-order valence-electron chi connectivity index (χ4n) is 8.05. The van der Waals surface area contributed by atoms with E-state index in [4.69, 9.17) is 15.0 Å². The van der Waals surface area contributed by atoms with Crippen molar-refractivity contribution < 1.29 is 0 Å². The van der Waals surface area contributed by atoms with Crippen molar-refractivity contribution in [1.29, 1.82) is 0 Å². The van der Waals surface area contributed by atoms with Crippen LogP contribution in [0.4, 0.5) is 0 Å². The molecule has 0 aliphatic heterocycles. The summed E-state index contributed by atoms with van der Waals surface area (Å²) in [5.41, 5.74) is 8.58. The van der Waals surface area contributed by atoms with Crippen LogP contribution < -0.4 is 0 Å². The minimum absolute atomic E-state index is 0.585. The van der Waals surface area contributed by atoms with E-state index in [1.54, 1.807) is 11.3 Å². The summed E-state index contributed by atoms with van der Waals surface area (Å²) in [6, 6.07) is 64.4. The third-order valence-electron chi connectivity index (χ3n) is 10.5. The second-order valence-electron chi connectivity index (χ2n) is 13.6. The van der Waals surface area contributed by atoms with Crippen LogP contribution in [0.3, 0.4) is 0 Å². The number of fused-ring (bicyclic) bond motifs is 7. The molecule has 0 unspecified atom stereocenters. The molecule has 0 saturated carbocycles. The topological polar surface area (TPSA) is 43.6 Å². The number of hydrogen-bond donors (Lipinski definition) is 0. The van der Waals surface area contributed by atoms with E-state index in [-0.39, 0.29) is 0 Å². The molecule has 0 amide bonds. The first-order chi connectivity index (χ1) is 26.8. The van der Waals surface area contributed by atoms with Gasteiger partial charge in [0, 0.05) is 42.1 Å². The fraction of sp³-hybridized carbons (Fsp3) is 0. The van der Waals surface area contributed by atoms with Gasteiger partial charge in [-0.1, -0.05) is 158 Å². The number of benzene rings is 8. The third-order valence-corrected chi connectivity index (χ3v) is 11.6. The van der Waals surface area contributed by atoms with E-state index in [0.29, 0.717) is 17.6 Å². The molecule has 0 aliphatic rings. The normalized spacial score (nSPS) is 11.7. The molecular formula is C49H30N4S. The highest BCUT2D eigenvalue weighted by atomic mass is 32.1. The maximum atomic E-state index is 5.36. The van der Waals surface area contributed by atoms with Crippen molar-refractivity contribution in [2.24, 2.45) is 0 Å². The van der Waals surface area contributed by atoms with Crippen molar-refractivity contribution in [3.8, 4) is 51.0 Å². The first-order valence-electron chi connectivity index (χ1n) is 18.1. The number of hydrogen-bond acceptors (Lipinski definition) is 4. The van der Waals surface area contributed by atoms with E-state index >= 15 is 0 Å². The largest absolute Gasteiger partial charge is 0.278 e. The van der Waals surface area contributed by atoms with E-state index in [1.165, 1.54) is 42.1 Å². The van der Waals surface area contributed by atoms with Gasteiger partial charge in [-0.25, -0.2) is 4.98 Å². The maximum Gasteiger partial charge on any atom is 0.238 e. The molecule has 5 heteroatoms. The summed E-state index contributed by atoms with van der Waals surface area (Å²) in [5, 5.41) is 7.21. The molecule has 0 spiro atoms. The van der Waals surface area contributed by atoms with Crippen molar-refractivity contribution >= 4 is 64.1 Å². The Morgan fingerprint density at radius 1 is 0.370 bits per heavy atom. The van der Waals surface area contributed by atoms with Crippen LogP contribution in [-0.2, 0) is 0 Å². The zero-order valence-electron chi connectivity index (χ0n) is 29.0. The predicted octanol–water partition coefficient (Wildman–Crippen LogP) is 13.2. The fourth-order valence-corrected chi connectivity index (χ4v) is 9.20. The smallest absolute Gasteiger partial charge is 0.238 e. The first-order valence-corrected chi connectivity index (χ1v) is 18.9. The summed E-state index contributed by atoms with van der Waals surface area (Å²) in [4.78, 5) is 16.0. The molecule has 11 aromatic rings. The molecule has 252 valence electrons. The Labute approximate surface area is 315 Å². The molecule has 11 rings (SSSR count). The second kappa shape index (κ2) is 12.3. The lowest BCUT2D eigenvalue weighted by Gasteiger charge is -2.16. The van der Waals surface area contributed by atoms with Crippen molar-refractivity contribution in [3.63, 3.8) is 0 Å². The van der Waals surface area contributed by atoms with Crippen LogP contribution in [0.2, 0.25) is 0 Å². The summed E-state index contributed by atoms with van der Waals surface area (Å²) in [6.45, 7) is 0. The molecule has 0 radical (unpaired) electrons. The monoisotopic (exact) mass is 706 g/mol. The van der Waals surface area contributed by atoms with Gasteiger partial charge in [-0.05, 0) is 57.3 Å². The van der Waals surface area contributed by atoms with Crippen molar-refractivity contribution in [2.45, 2.75) is 0 Å². The van der Waals surface area contributed by atoms with Gasteiger partial charge in [0.15, 0.2) is 11.6 Å². The Kier molecular flexibility index (Phi) is 7.00. The molecule has 0 saturated heterocycles. The molecule has 3 aromatic heterocycles. The summed E-state index contributed by atoms with van der Waals surface area (Å²) in [7, 11) is 0. The van der Waals surface area contributed by atoms with Crippen LogP contribution in [0.5, 0.6) is 0 Å². The highest BCUT2D eigenvalue weighted by molar-refractivity contribution is 7.25. The molecule has 0 atom stereocenters. The van der Waals surface area contributed by atoms with Gasteiger partial charge in [0.2, 0.25) is 5.95 Å². The van der Waals surface area contributed by atoms with Crippen LogP contribution in [-0.4, -0.2) is 19.5 Å². The third kappa shape index (κ3) is 4.86. The Hall–Kier alpha value is -6.95. The van der Waals surface area contributed by atoms with E-state index in [9.17, 15) is 0 Å². The highest BCUT2D eigenvalue weighted by Crippen LogP contribution is 2.41. The molecule has 0 bridgehead atoms. The number of rotatable bonds is 5. The SMILES string of the molecule is c1ccc(-c2cccc3cccc(-c4ccccc4-c4nc(-c5ccc6c(c5)sc5ccccc56)nc(-n5c6ccccc6c6ccccc65)n4)c23)cc1. The summed E-state index contributed by atoms with van der Waals surface area (Å²) in [6.07, 6.45) is 0. The van der Waals surface area contributed by atoms with Gasteiger partial charge in [0.1, 0.15) is 0 Å². The minimum atomic E-state index is 0.585. The lowest BCUT2D eigenvalue weighted by molar-refractivity contribution is 0.954. The second-order valence-corrected chi connectivity index (χ2v) is 14.7. The Bertz CT molecular complexity index is 3170. The van der Waals surface area contributed by atoms with Gasteiger partial charge < -0.3 is 0 Å². The average Bonchev–Trinajstić information content (AvgIpc) is 3.79. The lowest BCUT2D eigenvalue weighted by atomic mass is 9.89. The number of thiophene rings is 1. The number of aromatic nitrogens is 4. The molecule has 0 N–H and O–H groups in total. The van der Waals surface area contributed by atoms with Crippen molar-refractivity contribution in [1.82, 2.24) is 19.5 Å². The molecule has 0 fully saturated rings. The average molecular weight is 707 g/mol. The van der Waals surface area contributed by atoms with Gasteiger partial charge in [-0.2, -0.15) is 9.97 Å². The zero-order valence-corrected chi connectivity index (χ0v) is 29.8. The van der Waals surface area contributed by atoms with E-state index in [0.717, 1.165) is 44.1 Å². The Morgan fingerprint density at radius 2 is 0.963 bits per heavy atom. The Balaban J connectivity index is 1.19. The standard InChI is InChI=1S/C49H30N4S/c1-2-14-31(15-3-1)34-23-12-16-32-17-13-24-40(46(32)34)35-18-4-5-22-41(35)48-50-47(33-28-29-39-38-21-8-11-27-44(38)54-45(39)30-33)51-49(52-48)53-42-25-9-6-19-36(42)37-20-7-10-26-43(37)53/h1-30H. The zero-order chi connectivity index (χ0) is 35.6.